The maximum atomic E-state index is 12.5. The van der Waals surface area contributed by atoms with Crippen molar-refractivity contribution in [1.82, 2.24) is 14.9 Å². The first-order chi connectivity index (χ1) is 9.29. The Bertz CT molecular complexity index is 560. The molecule has 5 nitrogen and oxygen atoms in total. The summed E-state index contributed by atoms with van der Waals surface area (Å²) in [6.07, 6.45) is 5.94. The Morgan fingerprint density at radius 2 is 2.42 bits per heavy atom. The van der Waals surface area contributed by atoms with Gasteiger partial charge in [0.2, 0.25) is 0 Å². The Balaban J connectivity index is 1.89. The number of hydrogen-bond acceptors (Lipinski definition) is 4. The van der Waals surface area contributed by atoms with E-state index in [9.17, 15) is 4.79 Å². The Labute approximate surface area is 111 Å². The lowest BCUT2D eigenvalue weighted by molar-refractivity contribution is 0.0570. The molecule has 3 rings (SSSR count). The maximum absolute atomic E-state index is 12.5. The molecule has 0 N–H and O–H groups in total. The number of carbonyl (C=O) groups excluding carboxylic acids is 1. The van der Waals surface area contributed by atoms with Gasteiger partial charge in [0.15, 0.2) is 11.2 Å². The molecule has 1 aliphatic heterocycles. The first kappa shape index (κ1) is 12.1. The molecule has 0 unspecified atom stereocenters. The van der Waals surface area contributed by atoms with E-state index in [1.165, 1.54) is 6.42 Å². The Hall–Kier alpha value is -1.91. The van der Waals surface area contributed by atoms with Gasteiger partial charge in [-0.05, 0) is 37.8 Å². The molecule has 0 radical (unpaired) electrons. The number of nitrogens with zero attached hydrogens (tertiary/aromatic N) is 3. The number of hydrogen-bond donors (Lipinski definition) is 0. The lowest BCUT2D eigenvalue weighted by Crippen LogP contribution is -2.43. The molecule has 5 heteroatoms. The van der Waals surface area contributed by atoms with Crippen LogP contribution in [0.1, 0.15) is 43.3 Å². The lowest BCUT2D eigenvalue weighted by atomic mass is 10.00. The van der Waals surface area contributed by atoms with Crippen LogP contribution in [-0.4, -0.2) is 33.4 Å². The minimum absolute atomic E-state index is 0.107. The van der Waals surface area contributed by atoms with Crippen molar-refractivity contribution >= 4 is 17.1 Å². The van der Waals surface area contributed by atoms with Gasteiger partial charge in [-0.25, -0.2) is 4.98 Å². The summed E-state index contributed by atoms with van der Waals surface area (Å²) < 4.78 is 5.51. The number of oxazole rings is 1. The number of likely N-dealkylation sites (tertiary alicyclic amines) is 1. The highest BCUT2D eigenvalue weighted by atomic mass is 16.4. The molecule has 2 aromatic rings. The van der Waals surface area contributed by atoms with Gasteiger partial charge < -0.3 is 9.32 Å². The number of fused-ring (bicyclic) bond motifs is 1. The molecule has 0 bridgehead atoms. The number of piperidine rings is 1. The van der Waals surface area contributed by atoms with Gasteiger partial charge in [-0.15, -0.1) is 0 Å². The molecule has 0 aromatic carbocycles. The molecular formula is C14H17N3O2. The van der Waals surface area contributed by atoms with E-state index in [1.54, 1.807) is 18.3 Å². The van der Waals surface area contributed by atoms with Crippen LogP contribution in [0.5, 0.6) is 0 Å². The Kier molecular flexibility index (Phi) is 3.19. The van der Waals surface area contributed by atoms with Gasteiger partial charge in [-0.2, -0.15) is 4.98 Å². The highest BCUT2D eigenvalue weighted by Crippen LogP contribution is 2.22. The normalized spacial score (nSPS) is 19.8. The molecule has 1 amide bonds. The van der Waals surface area contributed by atoms with E-state index in [0.29, 0.717) is 17.3 Å². The number of amides is 1. The van der Waals surface area contributed by atoms with Crippen molar-refractivity contribution in [1.29, 1.82) is 0 Å². The van der Waals surface area contributed by atoms with E-state index in [2.05, 4.69) is 16.9 Å². The fourth-order valence-electron chi connectivity index (χ4n) is 2.68. The molecule has 19 heavy (non-hydrogen) atoms. The molecule has 1 aliphatic rings. The topological polar surface area (TPSA) is 59.2 Å². The summed E-state index contributed by atoms with van der Waals surface area (Å²) >= 11 is 0. The van der Waals surface area contributed by atoms with Crippen molar-refractivity contribution < 1.29 is 9.21 Å². The molecule has 0 saturated carbocycles. The van der Waals surface area contributed by atoms with E-state index in [0.717, 1.165) is 25.8 Å². The maximum Gasteiger partial charge on any atom is 0.310 e. The first-order valence-corrected chi connectivity index (χ1v) is 6.82. The zero-order chi connectivity index (χ0) is 13.2. The number of pyridine rings is 1. The smallest absolute Gasteiger partial charge is 0.310 e. The third kappa shape index (κ3) is 2.20. The SMILES string of the molecule is CC[C@H]1CCCCN1C(=O)c1nc2ncccc2o1. The quantitative estimate of drug-likeness (QED) is 0.831. The molecular weight excluding hydrogens is 242 g/mol. The van der Waals surface area contributed by atoms with E-state index in [4.69, 9.17) is 4.42 Å². The second-order valence-electron chi connectivity index (χ2n) is 4.90. The summed E-state index contributed by atoms with van der Waals surface area (Å²) in [6, 6.07) is 3.86. The summed E-state index contributed by atoms with van der Waals surface area (Å²) in [7, 11) is 0. The van der Waals surface area contributed by atoms with Crippen LogP contribution in [0.4, 0.5) is 0 Å². The molecule has 3 heterocycles. The highest BCUT2D eigenvalue weighted by molar-refractivity contribution is 5.92. The minimum atomic E-state index is -0.107. The van der Waals surface area contributed by atoms with Gasteiger partial charge in [0.25, 0.3) is 5.89 Å². The van der Waals surface area contributed by atoms with Gasteiger partial charge in [0.05, 0.1) is 0 Å². The zero-order valence-electron chi connectivity index (χ0n) is 11.0. The zero-order valence-corrected chi connectivity index (χ0v) is 11.0. The molecule has 1 atom stereocenters. The monoisotopic (exact) mass is 259 g/mol. The van der Waals surface area contributed by atoms with Crippen LogP contribution >= 0.6 is 0 Å². The minimum Gasteiger partial charge on any atom is -0.431 e. The van der Waals surface area contributed by atoms with Crippen molar-refractivity contribution in [3.63, 3.8) is 0 Å². The summed E-state index contributed by atoms with van der Waals surface area (Å²) in [6.45, 7) is 2.91. The van der Waals surface area contributed by atoms with Crippen molar-refractivity contribution in [3.8, 4) is 0 Å². The Morgan fingerprint density at radius 3 is 3.21 bits per heavy atom. The highest BCUT2D eigenvalue weighted by Gasteiger charge is 2.29. The fourth-order valence-corrected chi connectivity index (χ4v) is 2.68. The summed E-state index contributed by atoms with van der Waals surface area (Å²) in [5.41, 5.74) is 1.06. The van der Waals surface area contributed by atoms with Crippen LogP contribution in [0.2, 0.25) is 0 Å². The predicted octanol–water partition coefficient (Wildman–Crippen LogP) is 2.63. The number of rotatable bonds is 2. The van der Waals surface area contributed by atoms with Crippen molar-refractivity contribution in [2.75, 3.05) is 6.54 Å². The van der Waals surface area contributed by atoms with Crippen molar-refractivity contribution in [3.05, 3.63) is 24.2 Å². The molecule has 1 saturated heterocycles. The second-order valence-corrected chi connectivity index (χ2v) is 4.90. The van der Waals surface area contributed by atoms with Crippen LogP contribution in [-0.2, 0) is 0 Å². The van der Waals surface area contributed by atoms with Crippen molar-refractivity contribution in [2.45, 2.75) is 38.6 Å². The largest absolute Gasteiger partial charge is 0.431 e. The first-order valence-electron chi connectivity index (χ1n) is 6.82. The van der Waals surface area contributed by atoms with Crippen LogP contribution in [0, 0.1) is 0 Å². The van der Waals surface area contributed by atoms with E-state index >= 15 is 0 Å². The lowest BCUT2D eigenvalue weighted by Gasteiger charge is -2.34. The van der Waals surface area contributed by atoms with Crippen LogP contribution < -0.4 is 0 Å². The average Bonchev–Trinajstić information content (AvgIpc) is 2.90. The van der Waals surface area contributed by atoms with Gasteiger partial charge in [0, 0.05) is 18.8 Å². The summed E-state index contributed by atoms with van der Waals surface area (Å²) in [4.78, 5) is 22.7. The van der Waals surface area contributed by atoms with Crippen molar-refractivity contribution in [2.24, 2.45) is 0 Å². The van der Waals surface area contributed by atoms with E-state index in [1.807, 2.05) is 4.90 Å². The average molecular weight is 259 g/mol. The van der Waals surface area contributed by atoms with Gasteiger partial charge in [0.1, 0.15) is 0 Å². The summed E-state index contributed by atoms with van der Waals surface area (Å²) in [5, 5.41) is 0. The number of aromatic nitrogens is 2. The third-order valence-corrected chi connectivity index (χ3v) is 3.71. The molecule has 0 aliphatic carbocycles. The summed E-state index contributed by atoms with van der Waals surface area (Å²) in [5.74, 6) is 0.0543. The standard InChI is InChI=1S/C14H17N3O2/c1-2-10-6-3-4-9-17(10)14(18)13-16-12-11(19-13)7-5-8-15-12/h5,7-8,10H,2-4,6,9H2,1H3/t10-/m0/s1. The fraction of sp³-hybridized carbons (Fsp3) is 0.500. The van der Waals surface area contributed by atoms with Gasteiger partial charge >= 0.3 is 5.91 Å². The molecule has 0 spiro atoms. The van der Waals surface area contributed by atoms with Gasteiger partial charge in [-0.1, -0.05) is 6.92 Å². The van der Waals surface area contributed by atoms with E-state index in [-0.39, 0.29) is 11.8 Å². The Morgan fingerprint density at radius 1 is 1.53 bits per heavy atom. The van der Waals surface area contributed by atoms with Crippen LogP contribution in [0.25, 0.3) is 11.2 Å². The van der Waals surface area contributed by atoms with E-state index < -0.39 is 0 Å². The number of carbonyl (C=O) groups is 1. The van der Waals surface area contributed by atoms with Crippen LogP contribution in [0.15, 0.2) is 22.7 Å². The third-order valence-electron chi connectivity index (χ3n) is 3.71. The second kappa shape index (κ2) is 4.99. The van der Waals surface area contributed by atoms with Gasteiger partial charge in [-0.3, -0.25) is 4.79 Å². The molecule has 1 fully saturated rings. The van der Waals surface area contributed by atoms with Crippen LogP contribution in [0.3, 0.4) is 0 Å². The molecule has 2 aromatic heterocycles. The predicted molar refractivity (Wildman–Crippen MR) is 70.8 cm³/mol. The molecule has 100 valence electrons.